The summed E-state index contributed by atoms with van der Waals surface area (Å²) in [6.45, 7) is 1.72. The van der Waals surface area contributed by atoms with Gasteiger partial charge in [0.15, 0.2) is 0 Å². The van der Waals surface area contributed by atoms with Gasteiger partial charge in [0.05, 0.1) is 9.75 Å². The van der Waals surface area contributed by atoms with E-state index in [0.29, 0.717) is 0 Å². The predicted octanol–water partition coefficient (Wildman–Crippen LogP) is -0.516. The van der Waals surface area contributed by atoms with Gasteiger partial charge in [-0.15, -0.1) is 16.4 Å². The first kappa shape index (κ1) is 21.6. The van der Waals surface area contributed by atoms with Crippen LogP contribution < -0.4 is 22.1 Å². The highest BCUT2D eigenvalue weighted by atomic mass is 32.1. The first-order valence-electron chi connectivity index (χ1n) is 8.37. The van der Waals surface area contributed by atoms with Crippen molar-refractivity contribution in [1.82, 2.24) is 20.3 Å². The predicted molar refractivity (Wildman–Crippen MR) is 106 cm³/mol. The molecule has 0 bridgehead atoms. The van der Waals surface area contributed by atoms with Gasteiger partial charge in [0.25, 0.3) is 11.8 Å². The number of guanidine groups is 1. The summed E-state index contributed by atoms with van der Waals surface area (Å²) in [6.07, 6.45) is 2.91. The Hall–Kier alpha value is -3.74. The Bertz CT molecular complexity index is 897. The molecule has 2 rings (SSSR count). The lowest BCUT2D eigenvalue weighted by Gasteiger charge is -2.14. The first-order valence-corrected chi connectivity index (χ1v) is 9.19. The largest absolute Gasteiger partial charge is 0.480 e. The van der Waals surface area contributed by atoms with Crippen LogP contribution in [0.2, 0.25) is 0 Å². The fourth-order valence-corrected chi connectivity index (χ4v) is 2.98. The van der Waals surface area contributed by atoms with Crippen LogP contribution in [0.25, 0.3) is 0 Å². The maximum absolute atomic E-state index is 12.4. The molecule has 0 aromatic carbocycles. The highest BCUT2D eigenvalue weighted by molar-refractivity contribution is 7.15. The highest BCUT2D eigenvalue weighted by Crippen LogP contribution is 2.18. The molecule has 2 aromatic heterocycles. The maximum Gasteiger partial charge on any atom is 0.328 e. The van der Waals surface area contributed by atoms with Crippen LogP contribution in [0.4, 0.5) is 5.95 Å². The molecular formula is C16H20N8O4S. The number of amides is 2. The van der Waals surface area contributed by atoms with E-state index in [1.807, 2.05) is 0 Å². The second-order valence-electron chi connectivity index (χ2n) is 5.53. The molecule has 0 saturated heterocycles. The number of nitrogens with zero attached hydrogens (tertiary/aromatic N) is 4. The van der Waals surface area contributed by atoms with Gasteiger partial charge < -0.3 is 27.2 Å². The monoisotopic (exact) mass is 420 g/mol. The summed E-state index contributed by atoms with van der Waals surface area (Å²) in [4.78, 5) is 44.4. The third kappa shape index (κ3) is 6.14. The topological polar surface area (TPSA) is 189 Å². The second-order valence-corrected chi connectivity index (χ2v) is 6.61. The van der Waals surface area contributed by atoms with E-state index < -0.39 is 23.8 Å². The van der Waals surface area contributed by atoms with Crippen molar-refractivity contribution < 1.29 is 19.5 Å². The van der Waals surface area contributed by atoms with Crippen LogP contribution in [-0.4, -0.2) is 63.0 Å². The number of carbonyl (C=O) groups excluding carboxylic acids is 2. The fourth-order valence-electron chi connectivity index (χ4n) is 2.11. The molecule has 154 valence electrons. The van der Waals surface area contributed by atoms with Crippen molar-refractivity contribution in [1.29, 1.82) is 0 Å². The SMILES string of the molecule is CCN(N=C(N)N)C(=O)c1ccc(C(=O)NCC(Nc2ncccn2)C(=O)O)s1. The molecule has 0 radical (unpaired) electrons. The molecule has 2 aromatic rings. The van der Waals surface area contributed by atoms with Gasteiger partial charge in [-0.3, -0.25) is 9.59 Å². The lowest BCUT2D eigenvalue weighted by atomic mass is 10.3. The summed E-state index contributed by atoms with van der Waals surface area (Å²) >= 11 is 0.937. The van der Waals surface area contributed by atoms with Crippen molar-refractivity contribution >= 4 is 41.0 Å². The summed E-state index contributed by atoms with van der Waals surface area (Å²) in [7, 11) is 0. The van der Waals surface area contributed by atoms with Gasteiger partial charge in [-0.05, 0) is 25.1 Å². The Morgan fingerprint density at radius 1 is 1.24 bits per heavy atom. The van der Waals surface area contributed by atoms with Crippen molar-refractivity contribution in [2.75, 3.05) is 18.4 Å². The van der Waals surface area contributed by atoms with Gasteiger partial charge in [0, 0.05) is 25.5 Å². The molecule has 0 fully saturated rings. The molecule has 13 heteroatoms. The Morgan fingerprint density at radius 2 is 1.90 bits per heavy atom. The first-order chi connectivity index (χ1) is 13.8. The summed E-state index contributed by atoms with van der Waals surface area (Å²) in [6, 6.07) is 3.38. The second kappa shape index (κ2) is 9.98. The Morgan fingerprint density at radius 3 is 2.48 bits per heavy atom. The van der Waals surface area contributed by atoms with Crippen molar-refractivity contribution in [2.45, 2.75) is 13.0 Å². The Kier molecular flexibility index (Phi) is 7.42. The molecular weight excluding hydrogens is 400 g/mol. The van der Waals surface area contributed by atoms with E-state index in [1.165, 1.54) is 24.5 Å². The number of nitrogens with one attached hydrogen (secondary N) is 2. The van der Waals surface area contributed by atoms with E-state index >= 15 is 0 Å². The van der Waals surface area contributed by atoms with Crippen LogP contribution in [0.5, 0.6) is 0 Å². The van der Waals surface area contributed by atoms with Gasteiger partial charge in [0.2, 0.25) is 11.9 Å². The number of hydrazone groups is 1. The quantitative estimate of drug-likeness (QED) is 0.202. The average molecular weight is 420 g/mol. The van der Waals surface area contributed by atoms with Crippen molar-refractivity contribution in [3.8, 4) is 0 Å². The molecule has 1 atom stereocenters. The van der Waals surface area contributed by atoms with E-state index in [0.717, 1.165) is 16.3 Å². The van der Waals surface area contributed by atoms with E-state index in [9.17, 15) is 19.5 Å². The van der Waals surface area contributed by atoms with Crippen molar-refractivity contribution in [2.24, 2.45) is 16.6 Å². The minimum absolute atomic E-state index is 0.123. The lowest BCUT2D eigenvalue weighted by Crippen LogP contribution is -2.41. The molecule has 12 nitrogen and oxygen atoms in total. The van der Waals surface area contributed by atoms with Gasteiger partial charge >= 0.3 is 5.97 Å². The number of hydrogen-bond acceptors (Lipinski definition) is 8. The van der Waals surface area contributed by atoms with Crippen LogP contribution in [-0.2, 0) is 4.79 Å². The third-order valence-electron chi connectivity index (χ3n) is 3.44. The molecule has 0 aliphatic carbocycles. The molecule has 0 saturated carbocycles. The number of anilines is 1. The number of hydrogen-bond donors (Lipinski definition) is 5. The average Bonchev–Trinajstić information content (AvgIpc) is 3.19. The zero-order valence-electron chi connectivity index (χ0n) is 15.4. The number of rotatable bonds is 9. The molecule has 2 heterocycles. The maximum atomic E-state index is 12.4. The minimum atomic E-state index is -1.18. The van der Waals surface area contributed by atoms with Crippen LogP contribution in [0.1, 0.15) is 26.3 Å². The molecule has 7 N–H and O–H groups in total. The molecule has 2 amide bonds. The van der Waals surface area contributed by atoms with Crippen molar-refractivity contribution in [3.05, 3.63) is 40.3 Å². The normalized spacial score (nSPS) is 11.2. The third-order valence-corrected chi connectivity index (χ3v) is 4.52. The van der Waals surface area contributed by atoms with Gasteiger partial charge in [0.1, 0.15) is 6.04 Å². The number of carboxylic acid groups (broad SMARTS) is 1. The van der Waals surface area contributed by atoms with E-state index in [-0.39, 0.29) is 34.8 Å². The van der Waals surface area contributed by atoms with Gasteiger partial charge in [-0.25, -0.2) is 19.8 Å². The standard InChI is InChI=1S/C16H20N8O4S/c1-2-24(23-15(17)18)13(26)11-5-4-10(29-11)12(25)21-8-9(14(27)28)22-16-19-6-3-7-20-16/h3-7,9H,2,8H2,1H3,(H,21,25)(H,27,28)(H4,17,18,23)(H,19,20,22). The number of carbonyl (C=O) groups is 3. The molecule has 0 aliphatic heterocycles. The summed E-state index contributed by atoms with van der Waals surface area (Å²) in [5, 5.41) is 19.2. The Balaban J connectivity index is 2.01. The van der Waals surface area contributed by atoms with E-state index in [2.05, 4.69) is 25.7 Å². The molecule has 0 aliphatic rings. The van der Waals surface area contributed by atoms with E-state index in [1.54, 1.807) is 13.0 Å². The van der Waals surface area contributed by atoms with Crippen LogP contribution in [0, 0.1) is 0 Å². The van der Waals surface area contributed by atoms with Crippen LogP contribution in [0.15, 0.2) is 35.7 Å². The highest BCUT2D eigenvalue weighted by Gasteiger charge is 2.22. The number of aliphatic carboxylic acids is 1. The molecule has 1 unspecified atom stereocenters. The number of nitrogens with two attached hydrogens (primary N) is 2. The fraction of sp³-hybridized carbons (Fsp3) is 0.250. The van der Waals surface area contributed by atoms with E-state index in [4.69, 9.17) is 11.5 Å². The summed E-state index contributed by atoms with van der Waals surface area (Å²) in [5.41, 5.74) is 10.6. The zero-order chi connectivity index (χ0) is 21.4. The zero-order valence-corrected chi connectivity index (χ0v) is 16.2. The summed E-state index contributed by atoms with van der Waals surface area (Å²) in [5.74, 6) is -2.31. The Labute approximate surface area is 169 Å². The minimum Gasteiger partial charge on any atom is -0.480 e. The molecule has 29 heavy (non-hydrogen) atoms. The van der Waals surface area contributed by atoms with Gasteiger partial charge in [-0.2, -0.15) is 0 Å². The van der Waals surface area contributed by atoms with Crippen molar-refractivity contribution in [3.63, 3.8) is 0 Å². The molecule has 0 spiro atoms. The van der Waals surface area contributed by atoms with Crippen LogP contribution >= 0.6 is 11.3 Å². The number of aromatic nitrogens is 2. The van der Waals surface area contributed by atoms with Crippen LogP contribution in [0.3, 0.4) is 0 Å². The number of carboxylic acids is 1. The van der Waals surface area contributed by atoms with Gasteiger partial charge in [-0.1, -0.05) is 0 Å². The smallest absolute Gasteiger partial charge is 0.328 e. The summed E-state index contributed by atoms with van der Waals surface area (Å²) < 4.78 is 0. The lowest BCUT2D eigenvalue weighted by molar-refractivity contribution is -0.137. The number of thiophene rings is 1.